The lowest BCUT2D eigenvalue weighted by Crippen LogP contribution is -2.25. The first-order chi connectivity index (χ1) is 22.5. The maximum Gasteiger partial charge on any atom is 0.348 e. The third-order valence-electron chi connectivity index (χ3n) is 6.72. The van der Waals surface area contributed by atoms with Gasteiger partial charge in [0.25, 0.3) is 10.1 Å². The molecule has 1 aromatic heterocycles. The van der Waals surface area contributed by atoms with Crippen LogP contribution in [0, 0.1) is 12.3 Å². The lowest BCUT2D eigenvalue weighted by Gasteiger charge is -2.17. The van der Waals surface area contributed by atoms with E-state index in [4.69, 9.17) is 34.7 Å². The number of benzene rings is 3. The van der Waals surface area contributed by atoms with Crippen molar-refractivity contribution < 1.29 is 36.7 Å². The van der Waals surface area contributed by atoms with E-state index < -0.39 is 10.1 Å². The van der Waals surface area contributed by atoms with Gasteiger partial charge in [-0.1, -0.05) is 62.2 Å². The van der Waals surface area contributed by atoms with Crippen LogP contribution in [0.1, 0.15) is 30.9 Å². The first-order valence-electron chi connectivity index (χ1n) is 15.0. The van der Waals surface area contributed by atoms with E-state index in [2.05, 4.69) is 36.9 Å². The average Bonchev–Trinajstić information content (AvgIpc) is 3.04. The van der Waals surface area contributed by atoms with Crippen LogP contribution in [0.4, 0.5) is 0 Å². The number of aromatic nitrogens is 2. The Morgan fingerprint density at radius 1 is 0.915 bits per heavy atom. The van der Waals surface area contributed by atoms with Crippen molar-refractivity contribution in [3.05, 3.63) is 88.3 Å². The SMILES string of the molecule is C#CCOc1ccc2c(c1)c(-c1ccc(C(C)C)cc1)nc(=O)n2Cc1ccccc1OCCOCCOCCOC.CS(=O)(=O)O. The van der Waals surface area contributed by atoms with E-state index in [9.17, 15) is 13.2 Å². The Morgan fingerprint density at radius 2 is 1.55 bits per heavy atom. The van der Waals surface area contributed by atoms with Gasteiger partial charge in [0.15, 0.2) is 0 Å². The fourth-order valence-electron chi connectivity index (χ4n) is 4.49. The third-order valence-corrected chi connectivity index (χ3v) is 6.72. The summed E-state index contributed by atoms with van der Waals surface area (Å²) in [7, 11) is -2.03. The van der Waals surface area contributed by atoms with Crippen LogP contribution < -0.4 is 15.2 Å². The zero-order valence-corrected chi connectivity index (χ0v) is 28.0. The number of hydrogen-bond donors (Lipinski definition) is 1. The first kappa shape index (κ1) is 37.2. The molecule has 0 aliphatic heterocycles. The van der Waals surface area contributed by atoms with Gasteiger partial charge in [0.2, 0.25) is 0 Å². The lowest BCUT2D eigenvalue weighted by atomic mass is 9.99. The van der Waals surface area contributed by atoms with Crippen molar-refractivity contribution in [3.63, 3.8) is 0 Å². The van der Waals surface area contributed by atoms with Crippen molar-refractivity contribution in [1.29, 1.82) is 0 Å². The highest BCUT2D eigenvalue weighted by molar-refractivity contribution is 7.85. The van der Waals surface area contributed by atoms with Crippen LogP contribution in [0.15, 0.2) is 71.5 Å². The maximum absolute atomic E-state index is 13.5. The summed E-state index contributed by atoms with van der Waals surface area (Å²) in [5.41, 5.74) is 3.90. The second-order valence-electron chi connectivity index (χ2n) is 10.7. The summed E-state index contributed by atoms with van der Waals surface area (Å²) in [5, 5.41) is 0.793. The Labute approximate surface area is 276 Å². The number of terminal acetylenes is 1. The minimum absolute atomic E-state index is 0.145. The minimum Gasteiger partial charge on any atom is -0.491 e. The van der Waals surface area contributed by atoms with Gasteiger partial charge in [0.05, 0.1) is 57.0 Å². The number of para-hydroxylation sites is 1. The summed E-state index contributed by atoms with van der Waals surface area (Å²) >= 11 is 0. The highest BCUT2D eigenvalue weighted by Gasteiger charge is 2.16. The van der Waals surface area contributed by atoms with Crippen LogP contribution >= 0.6 is 0 Å². The number of nitrogens with zero attached hydrogens (tertiary/aromatic N) is 2. The molecule has 47 heavy (non-hydrogen) atoms. The largest absolute Gasteiger partial charge is 0.491 e. The van der Waals surface area contributed by atoms with Gasteiger partial charge in [-0.3, -0.25) is 9.12 Å². The molecule has 0 atom stereocenters. The zero-order valence-electron chi connectivity index (χ0n) is 27.2. The van der Waals surface area contributed by atoms with Crippen LogP contribution in [0.3, 0.4) is 0 Å². The zero-order chi connectivity index (χ0) is 34.2. The molecule has 0 bridgehead atoms. The summed E-state index contributed by atoms with van der Waals surface area (Å²) in [6.45, 7) is 7.57. The summed E-state index contributed by atoms with van der Waals surface area (Å²) in [5.74, 6) is 4.19. The molecule has 4 rings (SSSR count). The molecular weight excluding hydrogens is 624 g/mol. The summed E-state index contributed by atoms with van der Waals surface area (Å²) in [6, 6.07) is 21.4. The van der Waals surface area contributed by atoms with Gasteiger partial charge >= 0.3 is 5.69 Å². The molecule has 0 aliphatic rings. The number of fused-ring (bicyclic) bond motifs is 1. The Hall–Kier alpha value is -4.25. The smallest absolute Gasteiger partial charge is 0.348 e. The number of hydrogen-bond acceptors (Lipinski definition) is 9. The molecule has 0 radical (unpaired) electrons. The Morgan fingerprint density at radius 3 is 2.19 bits per heavy atom. The maximum atomic E-state index is 13.5. The van der Waals surface area contributed by atoms with Crippen LogP contribution in [0.5, 0.6) is 11.5 Å². The monoisotopic (exact) mass is 666 g/mol. The molecule has 252 valence electrons. The van der Waals surface area contributed by atoms with Gasteiger partial charge in [0, 0.05) is 23.6 Å². The molecule has 0 saturated heterocycles. The van der Waals surface area contributed by atoms with Gasteiger partial charge in [-0.05, 0) is 35.7 Å². The number of rotatable bonds is 16. The predicted octanol–water partition coefficient (Wildman–Crippen LogP) is 4.81. The van der Waals surface area contributed by atoms with Crippen LogP contribution in [-0.2, 0) is 30.9 Å². The van der Waals surface area contributed by atoms with Crippen molar-refractivity contribution in [2.75, 3.05) is 59.6 Å². The molecule has 0 saturated carbocycles. The van der Waals surface area contributed by atoms with E-state index in [1.54, 1.807) is 11.7 Å². The van der Waals surface area contributed by atoms with E-state index in [0.717, 1.165) is 22.0 Å². The second kappa shape index (κ2) is 18.8. The van der Waals surface area contributed by atoms with Gasteiger partial charge in [0.1, 0.15) is 24.7 Å². The topological polar surface area (TPSA) is 135 Å². The standard InChI is InChI=1S/C34H38N2O6.CH4O3S/c1-5-16-41-29-14-15-31-30(23-29)33(27-12-10-26(11-13-27)25(2)3)35-34(37)36(31)24-28-8-6-7-9-32(28)42-22-21-40-20-19-39-18-17-38-4;1-5(2,3)4/h1,6-15,23,25H,16-22,24H2,2-4H3;1H3,(H,2,3,4). The summed E-state index contributed by atoms with van der Waals surface area (Å²) in [4.78, 5) is 18.1. The fraction of sp³-hybridized carbons (Fsp3) is 0.371. The molecule has 0 spiro atoms. The molecular formula is C35H42N2O9S. The highest BCUT2D eigenvalue weighted by atomic mass is 32.2. The lowest BCUT2D eigenvalue weighted by molar-refractivity contribution is 0.0179. The fourth-order valence-corrected chi connectivity index (χ4v) is 4.49. The highest BCUT2D eigenvalue weighted by Crippen LogP contribution is 2.31. The van der Waals surface area contributed by atoms with Gasteiger partial charge in [-0.2, -0.15) is 13.4 Å². The molecule has 11 nitrogen and oxygen atoms in total. The number of ether oxygens (including phenoxy) is 5. The van der Waals surface area contributed by atoms with E-state index in [-0.39, 0.29) is 18.8 Å². The van der Waals surface area contributed by atoms with Gasteiger partial charge in [-0.25, -0.2) is 4.79 Å². The Bertz CT molecular complexity index is 1770. The Balaban J connectivity index is 0.00000111. The molecule has 4 aromatic rings. The predicted molar refractivity (Wildman–Crippen MR) is 182 cm³/mol. The molecule has 3 aromatic carbocycles. The van der Waals surface area contributed by atoms with Crippen molar-refractivity contribution >= 4 is 21.0 Å². The molecule has 0 unspecified atom stereocenters. The van der Waals surface area contributed by atoms with Gasteiger partial charge < -0.3 is 23.7 Å². The van der Waals surface area contributed by atoms with E-state index >= 15 is 0 Å². The van der Waals surface area contributed by atoms with Crippen LogP contribution in [0.25, 0.3) is 22.2 Å². The molecule has 0 fully saturated rings. The summed E-state index contributed by atoms with van der Waals surface area (Å²) < 4.78 is 55.2. The van der Waals surface area contributed by atoms with E-state index in [1.807, 2.05) is 54.6 Å². The summed E-state index contributed by atoms with van der Waals surface area (Å²) in [6.07, 6.45) is 6.13. The van der Waals surface area contributed by atoms with E-state index in [1.165, 1.54) is 5.56 Å². The third kappa shape index (κ3) is 12.5. The first-order valence-corrected chi connectivity index (χ1v) is 16.9. The van der Waals surface area contributed by atoms with Crippen molar-refractivity contribution in [2.45, 2.75) is 26.3 Å². The Kier molecular flexibility index (Phi) is 14.9. The minimum atomic E-state index is -3.67. The van der Waals surface area contributed by atoms with Crippen molar-refractivity contribution in [2.24, 2.45) is 0 Å². The second-order valence-corrected chi connectivity index (χ2v) is 12.2. The van der Waals surface area contributed by atoms with Crippen molar-refractivity contribution in [3.8, 4) is 35.1 Å². The van der Waals surface area contributed by atoms with Crippen LogP contribution in [-0.4, -0.2) is 82.1 Å². The van der Waals surface area contributed by atoms with Gasteiger partial charge in [-0.15, -0.1) is 6.42 Å². The van der Waals surface area contributed by atoms with Crippen molar-refractivity contribution in [1.82, 2.24) is 9.55 Å². The number of methoxy groups -OCH3 is 1. The van der Waals surface area contributed by atoms with Crippen LogP contribution in [0.2, 0.25) is 0 Å². The molecule has 1 heterocycles. The van der Waals surface area contributed by atoms with E-state index in [0.29, 0.717) is 69.0 Å². The quantitative estimate of drug-likeness (QED) is 0.101. The normalized spacial score (nSPS) is 11.2. The molecule has 12 heteroatoms. The molecule has 0 aliphatic carbocycles. The molecule has 0 amide bonds. The average molecular weight is 667 g/mol. The molecule has 1 N–H and O–H groups in total.